The molecule has 10 heteroatoms. The maximum absolute atomic E-state index is 12.9. The van der Waals surface area contributed by atoms with E-state index < -0.39 is 24.3 Å². The van der Waals surface area contributed by atoms with Crippen LogP contribution >= 0.6 is 0 Å². The molecule has 0 aliphatic heterocycles. The summed E-state index contributed by atoms with van der Waals surface area (Å²) >= 11 is 0. The largest absolute Gasteiger partial charge is 0.481 e. The molecular weight excluding hydrogens is 437 g/mol. The minimum absolute atomic E-state index is 0.0111. The Balaban J connectivity index is 1.53. The first-order valence-electron chi connectivity index (χ1n) is 9.99. The molecule has 1 amide bonds. The molecule has 4 aromatic rings. The number of rotatable bonds is 7. The molecule has 0 fully saturated rings. The van der Waals surface area contributed by atoms with Crippen molar-refractivity contribution in [2.24, 2.45) is 0 Å². The summed E-state index contributed by atoms with van der Waals surface area (Å²) in [5, 5.41) is 20.5. The molecular formula is C23H19F3N4O3. The third kappa shape index (κ3) is 5.29. The van der Waals surface area contributed by atoms with Gasteiger partial charge in [0.25, 0.3) is 5.91 Å². The second kappa shape index (κ2) is 9.29. The van der Waals surface area contributed by atoms with E-state index in [1.165, 1.54) is 16.9 Å². The highest BCUT2D eigenvalue weighted by molar-refractivity contribution is 5.92. The van der Waals surface area contributed by atoms with E-state index in [0.717, 1.165) is 17.7 Å². The number of fused-ring (bicyclic) bond motifs is 1. The Bertz CT molecular complexity index is 1250. The van der Waals surface area contributed by atoms with Crippen LogP contribution in [0.15, 0.2) is 66.7 Å². The van der Waals surface area contributed by atoms with Crippen LogP contribution in [0.5, 0.6) is 5.75 Å². The Kier molecular flexibility index (Phi) is 6.27. The van der Waals surface area contributed by atoms with E-state index in [1.807, 2.05) is 12.1 Å². The number of halogens is 3. The number of ether oxygens (including phenoxy) is 1. The van der Waals surface area contributed by atoms with Crippen LogP contribution in [0, 0.1) is 0 Å². The number of alkyl halides is 3. The number of aromatic nitrogens is 3. The van der Waals surface area contributed by atoms with Crippen molar-refractivity contribution >= 4 is 22.6 Å². The number of hydrogen-bond donors (Lipinski definition) is 2. The lowest BCUT2D eigenvalue weighted by atomic mass is 10.1. The van der Waals surface area contributed by atoms with E-state index in [9.17, 15) is 23.1 Å². The van der Waals surface area contributed by atoms with E-state index in [4.69, 9.17) is 4.74 Å². The fraction of sp³-hybridized carbons (Fsp3) is 0.174. The molecule has 0 saturated heterocycles. The molecule has 1 aromatic heterocycles. The summed E-state index contributed by atoms with van der Waals surface area (Å²) < 4.78 is 44.3. The molecule has 0 aliphatic rings. The molecule has 2 N–H and O–H groups in total. The van der Waals surface area contributed by atoms with Gasteiger partial charge in [-0.15, -0.1) is 15.0 Å². The summed E-state index contributed by atoms with van der Waals surface area (Å²) in [6.45, 7) is -0.489. The predicted octanol–water partition coefficient (Wildman–Crippen LogP) is 3.99. The van der Waals surface area contributed by atoms with Gasteiger partial charge >= 0.3 is 6.18 Å². The molecule has 0 bridgehead atoms. The zero-order valence-corrected chi connectivity index (χ0v) is 17.2. The van der Waals surface area contributed by atoms with Gasteiger partial charge in [0.1, 0.15) is 22.5 Å². The Hall–Kier alpha value is -3.92. The summed E-state index contributed by atoms with van der Waals surface area (Å²) in [4.78, 5) is 13.7. The topological polar surface area (TPSA) is 89.3 Å². The number of nitrogens with one attached hydrogen (secondary N) is 1. The zero-order valence-electron chi connectivity index (χ0n) is 17.2. The Morgan fingerprint density at radius 2 is 1.73 bits per heavy atom. The number of nitrogens with zero attached hydrogens (tertiary/aromatic N) is 3. The first-order chi connectivity index (χ1) is 15.8. The maximum Gasteiger partial charge on any atom is 0.416 e. The molecule has 1 heterocycles. The van der Waals surface area contributed by atoms with Crippen molar-refractivity contribution in [1.82, 2.24) is 15.0 Å². The van der Waals surface area contributed by atoms with Gasteiger partial charge in [-0.1, -0.05) is 24.3 Å². The fourth-order valence-corrected chi connectivity index (χ4v) is 3.21. The number of aliphatic hydroxyl groups excluding tert-OH is 1. The van der Waals surface area contributed by atoms with Crippen molar-refractivity contribution in [3.8, 4) is 11.4 Å². The van der Waals surface area contributed by atoms with Crippen LogP contribution in [-0.2, 0) is 17.4 Å². The molecule has 0 aliphatic carbocycles. The minimum Gasteiger partial charge on any atom is -0.481 e. The number of anilines is 1. The average Bonchev–Trinajstić information content (AvgIpc) is 3.22. The predicted molar refractivity (Wildman–Crippen MR) is 115 cm³/mol. The van der Waals surface area contributed by atoms with Crippen LogP contribution in [0.1, 0.15) is 11.1 Å². The summed E-state index contributed by atoms with van der Waals surface area (Å²) in [6.07, 6.45) is -4.10. The van der Waals surface area contributed by atoms with Crippen molar-refractivity contribution in [3.05, 3.63) is 77.9 Å². The molecule has 0 unspecified atom stereocenters. The van der Waals surface area contributed by atoms with Gasteiger partial charge in [0.05, 0.1) is 5.56 Å². The number of hydrogen-bond acceptors (Lipinski definition) is 5. The highest BCUT2D eigenvalue weighted by Crippen LogP contribution is 2.30. The van der Waals surface area contributed by atoms with Crippen molar-refractivity contribution < 1.29 is 27.8 Å². The first kappa shape index (κ1) is 22.3. The normalized spacial score (nSPS) is 11.5. The second-order valence-corrected chi connectivity index (χ2v) is 7.17. The standard InChI is InChI=1S/C23H19F3N4O3/c24-23(25,26)16-4-3-5-17(13-16)27-22(32)14-33-21-9-8-15(10-11-31)12-20(21)30-28-18-6-1-2-7-19(18)29-30/h1-9,12-13,31H,10-11,14H2,(H,27,32). The molecule has 0 atom stereocenters. The highest BCUT2D eigenvalue weighted by atomic mass is 19.4. The van der Waals surface area contributed by atoms with Crippen molar-refractivity contribution in [3.63, 3.8) is 0 Å². The lowest BCUT2D eigenvalue weighted by molar-refractivity contribution is -0.137. The summed E-state index contributed by atoms with van der Waals surface area (Å²) in [7, 11) is 0. The summed E-state index contributed by atoms with van der Waals surface area (Å²) in [5.41, 5.74) is 1.76. The SMILES string of the molecule is O=C(COc1ccc(CCO)cc1-n1nc2ccccc2n1)Nc1cccc(C(F)(F)F)c1. The van der Waals surface area contributed by atoms with E-state index in [0.29, 0.717) is 28.9 Å². The fourth-order valence-electron chi connectivity index (χ4n) is 3.21. The smallest absolute Gasteiger partial charge is 0.416 e. The first-order valence-corrected chi connectivity index (χ1v) is 9.99. The van der Waals surface area contributed by atoms with Crippen LogP contribution < -0.4 is 10.1 Å². The molecule has 0 radical (unpaired) electrons. The van der Waals surface area contributed by atoms with Gasteiger partial charge in [-0.3, -0.25) is 4.79 Å². The van der Waals surface area contributed by atoms with Crippen molar-refractivity contribution in [2.75, 3.05) is 18.5 Å². The lowest BCUT2D eigenvalue weighted by Gasteiger charge is -2.13. The highest BCUT2D eigenvalue weighted by Gasteiger charge is 2.30. The number of carbonyl (C=O) groups is 1. The maximum atomic E-state index is 12.9. The van der Waals surface area contributed by atoms with Crippen LogP contribution in [0.2, 0.25) is 0 Å². The number of carbonyl (C=O) groups excluding carboxylic acids is 1. The van der Waals surface area contributed by atoms with Gasteiger partial charge in [0, 0.05) is 12.3 Å². The Labute approximate surface area is 186 Å². The quantitative estimate of drug-likeness (QED) is 0.439. The number of benzene rings is 3. The molecule has 3 aromatic carbocycles. The van der Waals surface area contributed by atoms with Gasteiger partial charge < -0.3 is 15.2 Å². The van der Waals surface area contributed by atoms with Crippen molar-refractivity contribution in [1.29, 1.82) is 0 Å². The van der Waals surface area contributed by atoms with Crippen molar-refractivity contribution in [2.45, 2.75) is 12.6 Å². The Morgan fingerprint density at radius 1 is 1.00 bits per heavy atom. The molecule has 170 valence electrons. The van der Waals surface area contributed by atoms with Crippen LogP contribution in [0.4, 0.5) is 18.9 Å². The third-order valence-electron chi connectivity index (χ3n) is 4.76. The minimum atomic E-state index is -4.51. The molecule has 33 heavy (non-hydrogen) atoms. The van der Waals surface area contributed by atoms with Crippen LogP contribution in [0.25, 0.3) is 16.7 Å². The van der Waals surface area contributed by atoms with E-state index in [-0.39, 0.29) is 12.3 Å². The van der Waals surface area contributed by atoms with Gasteiger partial charge in [-0.2, -0.15) is 13.2 Å². The van der Waals surface area contributed by atoms with Gasteiger partial charge in [-0.25, -0.2) is 0 Å². The molecule has 0 saturated carbocycles. The van der Waals surface area contributed by atoms with Gasteiger partial charge in [0.2, 0.25) is 0 Å². The van der Waals surface area contributed by atoms with Gasteiger partial charge in [-0.05, 0) is 54.4 Å². The number of aliphatic hydroxyl groups is 1. The van der Waals surface area contributed by atoms with E-state index in [1.54, 1.807) is 30.3 Å². The molecule has 4 rings (SSSR count). The average molecular weight is 456 g/mol. The number of amides is 1. The van der Waals surface area contributed by atoms with E-state index >= 15 is 0 Å². The second-order valence-electron chi connectivity index (χ2n) is 7.17. The molecule has 7 nitrogen and oxygen atoms in total. The summed E-state index contributed by atoms with van der Waals surface area (Å²) in [5.74, 6) is -0.325. The lowest BCUT2D eigenvalue weighted by Crippen LogP contribution is -2.21. The van der Waals surface area contributed by atoms with Crippen LogP contribution in [0.3, 0.4) is 0 Å². The Morgan fingerprint density at radius 3 is 2.39 bits per heavy atom. The zero-order chi connectivity index (χ0) is 23.4. The summed E-state index contributed by atoms with van der Waals surface area (Å²) in [6, 6.07) is 16.7. The molecule has 0 spiro atoms. The third-order valence-corrected chi connectivity index (χ3v) is 4.76. The van der Waals surface area contributed by atoms with Crippen LogP contribution in [-0.4, -0.2) is 39.2 Å². The van der Waals surface area contributed by atoms with E-state index in [2.05, 4.69) is 15.5 Å². The monoisotopic (exact) mass is 456 g/mol. The van der Waals surface area contributed by atoms with Gasteiger partial charge in [0.15, 0.2) is 6.61 Å².